The fourth-order valence-corrected chi connectivity index (χ4v) is 1.35. The minimum Gasteiger partial charge on any atom is -0.508 e. The number of hydrogen-bond donors (Lipinski definition) is 3. The number of phenols is 1. The van der Waals surface area contributed by atoms with E-state index in [1.807, 2.05) is 19.1 Å². The first kappa shape index (κ1) is 11.0. The van der Waals surface area contributed by atoms with Gasteiger partial charge in [-0.2, -0.15) is 0 Å². The molecule has 1 rings (SSSR count). The number of rotatable bonds is 3. The van der Waals surface area contributed by atoms with E-state index in [0.717, 1.165) is 12.0 Å². The molecule has 0 fully saturated rings. The van der Waals surface area contributed by atoms with Gasteiger partial charge >= 0.3 is 0 Å². The van der Waals surface area contributed by atoms with Crippen LogP contribution < -0.4 is 5.73 Å². The van der Waals surface area contributed by atoms with E-state index in [2.05, 4.69) is 0 Å². The van der Waals surface area contributed by atoms with Crippen molar-refractivity contribution in [3.63, 3.8) is 0 Å². The Bertz CT molecular complexity index is 321. The fraction of sp³-hybridized carbons (Fsp3) is 0.455. The molecule has 0 aliphatic carbocycles. The molecule has 1 unspecified atom stereocenters. The molecule has 0 radical (unpaired) electrons. The molecule has 0 amide bonds. The van der Waals surface area contributed by atoms with Crippen molar-refractivity contribution in [1.82, 2.24) is 0 Å². The predicted octanol–water partition coefficient (Wildman–Crippen LogP) is 1.12. The summed E-state index contributed by atoms with van der Waals surface area (Å²) >= 11 is 0. The zero-order valence-corrected chi connectivity index (χ0v) is 8.62. The van der Waals surface area contributed by atoms with Gasteiger partial charge in [0.05, 0.1) is 12.1 Å². The van der Waals surface area contributed by atoms with Crippen LogP contribution in [0.4, 0.5) is 0 Å². The van der Waals surface area contributed by atoms with Crippen LogP contribution in [0.25, 0.3) is 0 Å². The number of hydrogen-bond acceptors (Lipinski definition) is 3. The molecule has 0 bridgehead atoms. The summed E-state index contributed by atoms with van der Waals surface area (Å²) in [7, 11) is 0. The standard InChI is InChI=1S/C11H17NO2/c1-3-8-4-5-10(14)9(6-8)11(2,12)7-13/h4-6,13-14H,3,7,12H2,1-2H3. The number of nitrogens with two attached hydrogens (primary N) is 1. The summed E-state index contributed by atoms with van der Waals surface area (Å²) < 4.78 is 0. The Morgan fingerprint density at radius 3 is 2.57 bits per heavy atom. The molecule has 0 saturated carbocycles. The van der Waals surface area contributed by atoms with Crippen LogP contribution in [0.15, 0.2) is 18.2 Å². The van der Waals surface area contributed by atoms with Gasteiger partial charge in [0.25, 0.3) is 0 Å². The first-order valence-corrected chi connectivity index (χ1v) is 4.73. The van der Waals surface area contributed by atoms with Gasteiger partial charge in [-0.05, 0) is 25.0 Å². The van der Waals surface area contributed by atoms with Crippen molar-refractivity contribution in [1.29, 1.82) is 0 Å². The molecule has 78 valence electrons. The monoisotopic (exact) mass is 195 g/mol. The highest BCUT2D eigenvalue weighted by molar-refractivity contribution is 5.40. The molecule has 1 aromatic carbocycles. The van der Waals surface area contributed by atoms with Crippen molar-refractivity contribution in [2.75, 3.05) is 6.61 Å². The van der Waals surface area contributed by atoms with Gasteiger partial charge in [-0.25, -0.2) is 0 Å². The Hall–Kier alpha value is -1.06. The molecule has 3 nitrogen and oxygen atoms in total. The lowest BCUT2D eigenvalue weighted by Crippen LogP contribution is -2.37. The molecule has 0 saturated heterocycles. The van der Waals surface area contributed by atoms with Gasteiger partial charge in [0.15, 0.2) is 0 Å². The van der Waals surface area contributed by atoms with Crippen molar-refractivity contribution in [2.45, 2.75) is 25.8 Å². The molecule has 0 spiro atoms. The number of aromatic hydroxyl groups is 1. The molecule has 1 aromatic rings. The molecule has 1 atom stereocenters. The molecule has 0 aromatic heterocycles. The Labute approximate surface area is 84.2 Å². The van der Waals surface area contributed by atoms with Crippen molar-refractivity contribution in [3.8, 4) is 5.75 Å². The van der Waals surface area contributed by atoms with Crippen molar-refractivity contribution in [3.05, 3.63) is 29.3 Å². The van der Waals surface area contributed by atoms with Gasteiger partial charge in [0.2, 0.25) is 0 Å². The van der Waals surface area contributed by atoms with Crippen molar-refractivity contribution >= 4 is 0 Å². The summed E-state index contributed by atoms with van der Waals surface area (Å²) in [6, 6.07) is 5.31. The lowest BCUT2D eigenvalue weighted by Gasteiger charge is -2.23. The van der Waals surface area contributed by atoms with Crippen LogP contribution in [-0.2, 0) is 12.0 Å². The van der Waals surface area contributed by atoms with Gasteiger partial charge < -0.3 is 15.9 Å². The second-order valence-corrected chi connectivity index (χ2v) is 3.78. The molecular formula is C11H17NO2. The van der Waals surface area contributed by atoms with Crippen molar-refractivity contribution in [2.24, 2.45) is 5.73 Å². The Balaban J connectivity index is 3.18. The molecule has 0 aliphatic heterocycles. The maximum atomic E-state index is 9.61. The SMILES string of the molecule is CCc1ccc(O)c(C(C)(N)CO)c1. The Morgan fingerprint density at radius 2 is 2.07 bits per heavy atom. The second-order valence-electron chi connectivity index (χ2n) is 3.78. The average Bonchev–Trinajstić information content (AvgIpc) is 2.18. The first-order valence-electron chi connectivity index (χ1n) is 4.73. The number of phenolic OH excluding ortho intramolecular Hbond substituents is 1. The van der Waals surface area contributed by atoms with Gasteiger partial charge in [-0.1, -0.05) is 19.1 Å². The summed E-state index contributed by atoms with van der Waals surface area (Å²) in [6.07, 6.45) is 0.884. The van der Waals surface area contributed by atoms with Gasteiger partial charge in [-0.15, -0.1) is 0 Å². The van der Waals surface area contributed by atoms with E-state index in [4.69, 9.17) is 10.8 Å². The predicted molar refractivity (Wildman–Crippen MR) is 56.1 cm³/mol. The highest BCUT2D eigenvalue weighted by Crippen LogP contribution is 2.27. The normalized spacial score (nSPS) is 15.1. The van der Waals surface area contributed by atoms with E-state index in [0.29, 0.717) is 5.56 Å². The lowest BCUT2D eigenvalue weighted by atomic mass is 9.91. The van der Waals surface area contributed by atoms with Gasteiger partial charge in [-0.3, -0.25) is 0 Å². The zero-order chi connectivity index (χ0) is 10.8. The quantitative estimate of drug-likeness (QED) is 0.677. The van der Waals surface area contributed by atoms with Crippen LogP contribution in [-0.4, -0.2) is 16.8 Å². The van der Waals surface area contributed by atoms with Gasteiger partial charge in [0, 0.05) is 5.56 Å². The van der Waals surface area contributed by atoms with Gasteiger partial charge in [0.1, 0.15) is 5.75 Å². The Morgan fingerprint density at radius 1 is 1.43 bits per heavy atom. The fourth-order valence-electron chi connectivity index (χ4n) is 1.35. The summed E-state index contributed by atoms with van der Waals surface area (Å²) in [5.41, 5.74) is 6.67. The highest BCUT2D eigenvalue weighted by Gasteiger charge is 2.23. The maximum absolute atomic E-state index is 9.61. The highest BCUT2D eigenvalue weighted by atomic mass is 16.3. The summed E-state index contributed by atoms with van der Waals surface area (Å²) in [5.74, 6) is 0.140. The summed E-state index contributed by atoms with van der Waals surface area (Å²) in [5, 5.41) is 18.7. The van der Waals surface area contributed by atoms with E-state index in [9.17, 15) is 5.11 Å². The van der Waals surface area contributed by atoms with Crippen LogP contribution in [0, 0.1) is 0 Å². The number of aliphatic hydroxyl groups excluding tert-OH is 1. The van der Waals surface area contributed by atoms with Crippen LogP contribution in [0.1, 0.15) is 25.0 Å². The molecule has 3 heteroatoms. The third-order valence-electron chi connectivity index (χ3n) is 2.41. The van der Waals surface area contributed by atoms with E-state index in [1.54, 1.807) is 13.0 Å². The topological polar surface area (TPSA) is 66.5 Å². The number of aliphatic hydroxyl groups is 1. The van der Waals surface area contributed by atoms with E-state index in [-0.39, 0.29) is 12.4 Å². The number of benzene rings is 1. The maximum Gasteiger partial charge on any atom is 0.120 e. The van der Waals surface area contributed by atoms with Crippen LogP contribution in [0.5, 0.6) is 5.75 Å². The van der Waals surface area contributed by atoms with Crippen LogP contribution >= 0.6 is 0 Å². The Kier molecular flexibility index (Phi) is 3.13. The smallest absolute Gasteiger partial charge is 0.120 e. The summed E-state index contributed by atoms with van der Waals surface area (Å²) in [4.78, 5) is 0. The minimum atomic E-state index is -0.880. The minimum absolute atomic E-state index is 0.140. The lowest BCUT2D eigenvalue weighted by molar-refractivity contribution is 0.207. The molecule has 0 heterocycles. The number of aryl methyl sites for hydroxylation is 1. The van der Waals surface area contributed by atoms with E-state index < -0.39 is 5.54 Å². The molecular weight excluding hydrogens is 178 g/mol. The van der Waals surface area contributed by atoms with E-state index in [1.165, 1.54) is 0 Å². The first-order chi connectivity index (χ1) is 6.51. The summed E-state index contributed by atoms with van der Waals surface area (Å²) in [6.45, 7) is 3.54. The van der Waals surface area contributed by atoms with Crippen LogP contribution in [0.2, 0.25) is 0 Å². The largest absolute Gasteiger partial charge is 0.508 e. The van der Waals surface area contributed by atoms with E-state index >= 15 is 0 Å². The molecule has 0 aliphatic rings. The van der Waals surface area contributed by atoms with Crippen LogP contribution in [0.3, 0.4) is 0 Å². The van der Waals surface area contributed by atoms with Crippen molar-refractivity contribution < 1.29 is 10.2 Å². The zero-order valence-electron chi connectivity index (χ0n) is 8.62. The molecule has 4 N–H and O–H groups in total. The third kappa shape index (κ3) is 2.05. The average molecular weight is 195 g/mol. The molecule has 14 heavy (non-hydrogen) atoms. The second kappa shape index (κ2) is 3.98. The third-order valence-corrected chi connectivity index (χ3v) is 2.41.